The maximum absolute atomic E-state index is 14.5. The minimum absolute atomic E-state index is 0.0180. The number of amides is 1. The first-order chi connectivity index (χ1) is 24.7. The van der Waals surface area contributed by atoms with E-state index in [1.165, 1.54) is 0 Å². The summed E-state index contributed by atoms with van der Waals surface area (Å²) in [6.45, 7) is 22.0. The number of nitrogens with zero attached hydrogens (tertiary/aromatic N) is 3. The summed E-state index contributed by atoms with van der Waals surface area (Å²) in [7, 11) is 0. The number of hydrogen-bond donors (Lipinski definition) is 0. The molecule has 4 fully saturated rings. The Hall–Kier alpha value is -3.06. The summed E-state index contributed by atoms with van der Waals surface area (Å²) in [5.74, 6) is 2.77. The van der Waals surface area contributed by atoms with Gasteiger partial charge in [0.1, 0.15) is 18.1 Å². The van der Waals surface area contributed by atoms with E-state index in [2.05, 4.69) is 54.5 Å². The molecule has 0 radical (unpaired) electrons. The second-order valence-corrected chi connectivity index (χ2v) is 19.1. The van der Waals surface area contributed by atoms with Crippen molar-refractivity contribution in [3.05, 3.63) is 70.3 Å². The van der Waals surface area contributed by atoms with Gasteiger partial charge in [0, 0.05) is 24.1 Å². The van der Waals surface area contributed by atoms with Crippen LogP contribution >= 0.6 is 0 Å². The predicted molar refractivity (Wildman–Crippen MR) is 202 cm³/mol. The lowest BCUT2D eigenvalue weighted by Crippen LogP contribution is -2.65. The molecule has 1 aromatic carbocycles. The summed E-state index contributed by atoms with van der Waals surface area (Å²) >= 11 is 0. The highest BCUT2D eigenvalue weighted by atomic mass is 16.5. The molecule has 9 atom stereocenters. The molecule has 0 bridgehead atoms. The molecule has 280 valence electrons. The minimum atomic E-state index is -0.466. The first-order valence-corrected chi connectivity index (χ1v) is 20.3. The molecule has 3 saturated carbocycles. The quantitative estimate of drug-likeness (QED) is 0.234. The molecule has 7 nitrogen and oxygen atoms in total. The fraction of sp³-hybridized carbons (Fsp3) is 0.689. The van der Waals surface area contributed by atoms with Crippen molar-refractivity contribution in [1.29, 1.82) is 0 Å². The molecular weight excluding hydrogens is 647 g/mol. The minimum Gasteiger partial charge on any atom is -0.460 e. The lowest BCUT2D eigenvalue weighted by molar-refractivity contribution is -0.184. The Balaban J connectivity index is 1.18. The summed E-state index contributed by atoms with van der Waals surface area (Å²) in [6, 6.07) is 10.1. The van der Waals surface area contributed by atoms with Crippen LogP contribution in [0.2, 0.25) is 0 Å². The topological polar surface area (TPSA) is 81.6 Å². The molecule has 0 N–H and O–H groups in total. The summed E-state index contributed by atoms with van der Waals surface area (Å²) in [4.78, 5) is 40.7. The number of carbonyl (C=O) groups is 2. The van der Waals surface area contributed by atoms with Gasteiger partial charge < -0.3 is 14.4 Å². The fourth-order valence-electron chi connectivity index (χ4n) is 13.4. The standard InChI is InChI=1S/C45H61N3O4/c1-28-16-19-45(40(50)52-27-31-12-10-9-11-13-31)21-20-43(7)33(36(45)29(28)2)14-15-35-42(6)26-32-37(39(49)48-22-24-51-25-23-48)46-30(3)47-38(32)41(4,5)34(42)17-18-44(35,43)8/h9-14,28-29,34-36H,15-27H2,1-8H3/t28-,29+,34?,35?,36?,42+,43-,44-,45+/m1/s1. The number of aryl methyl sites for hydroxylation is 1. The van der Waals surface area contributed by atoms with E-state index in [9.17, 15) is 9.59 Å². The summed E-state index contributed by atoms with van der Waals surface area (Å²) in [5.41, 5.74) is 4.70. The average molecular weight is 708 g/mol. The molecule has 3 unspecified atom stereocenters. The van der Waals surface area contributed by atoms with Crippen molar-refractivity contribution in [3.8, 4) is 0 Å². The number of hydrogen-bond acceptors (Lipinski definition) is 6. The van der Waals surface area contributed by atoms with E-state index < -0.39 is 5.41 Å². The first kappa shape index (κ1) is 35.9. The molecule has 1 saturated heterocycles. The molecule has 1 aromatic heterocycles. The Bertz CT molecular complexity index is 1780. The second-order valence-electron chi connectivity index (χ2n) is 19.1. The van der Waals surface area contributed by atoms with Gasteiger partial charge in [0.05, 0.1) is 24.3 Å². The van der Waals surface area contributed by atoms with Crippen molar-refractivity contribution in [2.24, 2.45) is 51.2 Å². The Morgan fingerprint density at radius 2 is 1.65 bits per heavy atom. The van der Waals surface area contributed by atoms with Crippen LogP contribution in [0, 0.1) is 58.2 Å². The lowest BCUT2D eigenvalue weighted by atomic mass is 9.33. The van der Waals surface area contributed by atoms with Crippen LogP contribution in [0.3, 0.4) is 0 Å². The maximum atomic E-state index is 14.5. The first-order valence-electron chi connectivity index (χ1n) is 20.3. The lowest BCUT2D eigenvalue weighted by Gasteiger charge is -2.71. The Morgan fingerprint density at radius 1 is 0.923 bits per heavy atom. The van der Waals surface area contributed by atoms with Crippen LogP contribution in [0.1, 0.15) is 127 Å². The van der Waals surface area contributed by atoms with Crippen molar-refractivity contribution in [2.75, 3.05) is 26.3 Å². The molecule has 0 spiro atoms. The van der Waals surface area contributed by atoms with Crippen molar-refractivity contribution in [2.45, 2.75) is 119 Å². The zero-order valence-corrected chi connectivity index (χ0v) is 33.0. The van der Waals surface area contributed by atoms with Crippen LogP contribution in [0.4, 0.5) is 0 Å². The monoisotopic (exact) mass is 707 g/mol. The van der Waals surface area contributed by atoms with Gasteiger partial charge >= 0.3 is 5.97 Å². The van der Waals surface area contributed by atoms with Gasteiger partial charge in [0.15, 0.2) is 0 Å². The van der Waals surface area contributed by atoms with Gasteiger partial charge in [0.2, 0.25) is 0 Å². The number of ether oxygens (including phenoxy) is 2. The Labute approximate surface area is 311 Å². The molecule has 8 rings (SSSR count). The molecule has 1 aliphatic heterocycles. The van der Waals surface area contributed by atoms with Crippen LogP contribution in [-0.4, -0.2) is 53.0 Å². The molecule has 6 aliphatic rings. The van der Waals surface area contributed by atoms with Gasteiger partial charge in [-0.2, -0.15) is 0 Å². The van der Waals surface area contributed by atoms with Crippen molar-refractivity contribution >= 4 is 11.9 Å². The fourth-order valence-corrected chi connectivity index (χ4v) is 13.4. The third kappa shape index (κ3) is 5.06. The van der Waals surface area contributed by atoms with Crippen LogP contribution in [0.5, 0.6) is 0 Å². The smallest absolute Gasteiger partial charge is 0.313 e. The summed E-state index contributed by atoms with van der Waals surface area (Å²) in [5, 5.41) is 0. The van der Waals surface area contributed by atoms with Crippen LogP contribution in [0.25, 0.3) is 0 Å². The number of rotatable bonds is 4. The Morgan fingerprint density at radius 3 is 2.38 bits per heavy atom. The van der Waals surface area contributed by atoms with Crippen molar-refractivity contribution in [1.82, 2.24) is 14.9 Å². The molecular formula is C45H61N3O4. The molecule has 5 aliphatic carbocycles. The van der Waals surface area contributed by atoms with E-state index in [1.54, 1.807) is 5.57 Å². The highest BCUT2D eigenvalue weighted by Gasteiger charge is 2.70. The Kier molecular flexibility index (Phi) is 8.64. The van der Waals surface area contributed by atoms with Gasteiger partial charge in [-0.3, -0.25) is 9.59 Å². The second kappa shape index (κ2) is 12.5. The number of carbonyl (C=O) groups excluding carboxylic acids is 2. The van der Waals surface area contributed by atoms with E-state index >= 15 is 0 Å². The zero-order valence-electron chi connectivity index (χ0n) is 33.0. The van der Waals surface area contributed by atoms with Gasteiger partial charge in [-0.25, -0.2) is 9.97 Å². The van der Waals surface area contributed by atoms with E-state index in [0.29, 0.717) is 68.1 Å². The molecule has 52 heavy (non-hydrogen) atoms. The van der Waals surface area contributed by atoms with Crippen molar-refractivity contribution in [3.63, 3.8) is 0 Å². The predicted octanol–water partition coefficient (Wildman–Crippen LogP) is 8.67. The maximum Gasteiger partial charge on any atom is 0.313 e. The van der Waals surface area contributed by atoms with Crippen LogP contribution in [0.15, 0.2) is 42.0 Å². The van der Waals surface area contributed by atoms with E-state index in [4.69, 9.17) is 19.4 Å². The third-order valence-electron chi connectivity index (χ3n) is 16.5. The van der Waals surface area contributed by atoms with Crippen LogP contribution in [-0.2, 0) is 32.7 Å². The summed E-state index contributed by atoms with van der Waals surface area (Å²) < 4.78 is 11.9. The molecule has 2 aromatic rings. The van der Waals surface area contributed by atoms with Crippen LogP contribution < -0.4 is 0 Å². The number of morpholine rings is 1. The normalized spacial score (nSPS) is 39.1. The zero-order chi connectivity index (χ0) is 36.8. The van der Waals surface area contributed by atoms with Gasteiger partial charge in [-0.15, -0.1) is 0 Å². The van der Waals surface area contributed by atoms with Gasteiger partial charge in [-0.1, -0.05) is 90.4 Å². The van der Waals surface area contributed by atoms with Crippen molar-refractivity contribution < 1.29 is 19.1 Å². The molecule has 2 heterocycles. The highest BCUT2D eigenvalue weighted by Crippen LogP contribution is 2.75. The average Bonchev–Trinajstić information content (AvgIpc) is 3.13. The third-order valence-corrected chi connectivity index (χ3v) is 16.5. The molecule has 7 heteroatoms. The van der Waals surface area contributed by atoms with E-state index in [1.807, 2.05) is 42.2 Å². The largest absolute Gasteiger partial charge is 0.460 e. The number of fused-ring (bicyclic) bond motifs is 8. The number of esters is 1. The number of aromatic nitrogens is 2. The summed E-state index contributed by atoms with van der Waals surface area (Å²) in [6.07, 6.45) is 10.6. The highest BCUT2D eigenvalue weighted by molar-refractivity contribution is 5.94. The van der Waals surface area contributed by atoms with Gasteiger partial charge in [0.25, 0.3) is 5.91 Å². The number of benzene rings is 1. The number of allylic oxidation sites excluding steroid dienone is 2. The van der Waals surface area contributed by atoms with Gasteiger partial charge in [-0.05, 0) is 110 Å². The van der Waals surface area contributed by atoms with E-state index in [0.717, 1.165) is 68.2 Å². The molecule has 1 amide bonds. The SMILES string of the molecule is Cc1nc(C(=O)N2CCOCC2)c2c(n1)C(C)(C)C1CC[C@]3(C)C(CC=C4C5[C@@H](C)[C@H](C)CC[C@]5(C(=O)OCc5ccccc5)CC[C@]43C)[C@@]1(C)C2. The van der Waals surface area contributed by atoms with E-state index in [-0.39, 0.29) is 39.5 Å².